The van der Waals surface area contributed by atoms with Crippen LogP contribution in [0.15, 0.2) is 65.7 Å². The lowest BCUT2D eigenvalue weighted by Crippen LogP contribution is -2.03. The molecule has 1 aromatic heterocycles. The fraction of sp³-hybridized carbons (Fsp3) is 0.292. The molecule has 0 saturated carbocycles. The van der Waals surface area contributed by atoms with Crippen LogP contribution in [0.5, 0.6) is 17.4 Å². The summed E-state index contributed by atoms with van der Waals surface area (Å²) in [7, 11) is 7.23. The SMILES string of the molecule is CC.COc1ccc(C(O)c2ccc(OCc3ccc(S(C)(=O)=O)cc3)nc2)cc1OC.O=S(Cl)Cl. The van der Waals surface area contributed by atoms with Gasteiger partial charge in [0.25, 0.3) is 0 Å². The zero-order valence-electron chi connectivity index (χ0n) is 20.5. The van der Waals surface area contributed by atoms with Gasteiger partial charge < -0.3 is 19.3 Å². The predicted molar refractivity (Wildman–Crippen MR) is 143 cm³/mol. The van der Waals surface area contributed by atoms with Gasteiger partial charge in [-0.05, 0) is 41.5 Å². The number of rotatable bonds is 8. The van der Waals surface area contributed by atoms with E-state index in [1.165, 1.54) is 13.4 Å². The standard InChI is InChI=1S/C22H23NO6S.C2H6.Cl2OS/c1-27-19-10-6-16(12-20(19)28-2)22(24)17-7-11-21(23-13-17)29-14-15-4-8-18(9-5-15)30(3,25)26;1-2;1-4(2)3/h4-13,22,24H,14H2,1-3H3;1-2H3;. The molecule has 0 amide bonds. The summed E-state index contributed by atoms with van der Waals surface area (Å²) in [6.07, 6.45) is 1.83. The Morgan fingerprint density at radius 1 is 0.944 bits per heavy atom. The van der Waals surface area contributed by atoms with Crippen LogP contribution < -0.4 is 14.2 Å². The Labute approximate surface area is 223 Å². The van der Waals surface area contributed by atoms with Crippen molar-refractivity contribution in [1.82, 2.24) is 4.98 Å². The molecule has 198 valence electrons. The number of nitrogens with zero attached hydrogens (tertiary/aromatic N) is 1. The Hall–Kier alpha value is -2.37. The zero-order chi connectivity index (χ0) is 27.3. The zero-order valence-corrected chi connectivity index (χ0v) is 23.6. The number of hydrogen-bond acceptors (Lipinski definition) is 8. The highest BCUT2D eigenvalue weighted by Crippen LogP contribution is 2.32. The van der Waals surface area contributed by atoms with E-state index in [0.717, 1.165) is 5.56 Å². The summed E-state index contributed by atoms with van der Waals surface area (Å²) in [5.41, 5.74) is 2.07. The Morgan fingerprint density at radius 2 is 1.50 bits per heavy atom. The van der Waals surface area contributed by atoms with Gasteiger partial charge in [0.2, 0.25) is 15.1 Å². The van der Waals surface area contributed by atoms with Crippen molar-refractivity contribution >= 4 is 40.4 Å². The summed E-state index contributed by atoms with van der Waals surface area (Å²) in [5, 5.41) is 10.6. The van der Waals surface area contributed by atoms with Crippen molar-refractivity contribution in [1.29, 1.82) is 0 Å². The molecule has 0 fully saturated rings. The number of halogens is 2. The van der Waals surface area contributed by atoms with Crippen LogP contribution in [0.2, 0.25) is 0 Å². The summed E-state index contributed by atoms with van der Waals surface area (Å²) in [5.74, 6) is 1.51. The topological polar surface area (TPSA) is 112 Å². The lowest BCUT2D eigenvalue weighted by atomic mass is 10.0. The molecule has 0 spiro atoms. The van der Waals surface area contributed by atoms with Gasteiger partial charge in [0.05, 0.1) is 19.1 Å². The van der Waals surface area contributed by atoms with Crippen LogP contribution in [0.1, 0.15) is 36.6 Å². The van der Waals surface area contributed by atoms with Crippen molar-refractivity contribution in [2.45, 2.75) is 31.5 Å². The van der Waals surface area contributed by atoms with E-state index in [4.69, 9.17) is 18.4 Å². The molecule has 36 heavy (non-hydrogen) atoms. The highest BCUT2D eigenvalue weighted by atomic mass is 36.0. The van der Waals surface area contributed by atoms with Gasteiger partial charge in [-0.25, -0.2) is 17.6 Å². The highest BCUT2D eigenvalue weighted by Gasteiger charge is 2.14. The average Bonchev–Trinajstić information content (AvgIpc) is 2.87. The van der Waals surface area contributed by atoms with Crippen molar-refractivity contribution in [2.75, 3.05) is 20.5 Å². The molecule has 1 unspecified atom stereocenters. The molecule has 3 rings (SSSR count). The Kier molecular flexibility index (Phi) is 13.8. The number of methoxy groups -OCH3 is 2. The molecule has 1 heterocycles. The van der Waals surface area contributed by atoms with E-state index in [2.05, 4.69) is 26.3 Å². The minimum atomic E-state index is -3.22. The van der Waals surface area contributed by atoms with Gasteiger partial charge in [-0.15, -0.1) is 0 Å². The number of aliphatic hydroxyl groups is 1. The van der Waals surface area contributed by atoms with Crippen molar-refractivity contribution in [3.63, 3.8) is 0 Å². The number of hydrogen-bond donors (Lipinski definition) is 1. The first kappa shape index (κ1) is 31.7. The van der Waals surface area contributed by atoms with Crippen molar-refractivity contribution in [2.24, 2.45) is 0 Å². The summed E-state index contributed by atoms with van der Waals surface area (Å²) in [4.78, 5) is 4.50. The molecule has 8 nitrogen and oxygen atoms in total. The maximum absolute atomic E-state index is 11.5. The van der Waals surface area contributed by atoms with Crippen molar-refractivity contribution in [3.8, 4) is 17.4 Å². The number of benzene rings is 2. The lowest BCUT2D eigenvalue weighted by molar-refractivity contribution is 0.218. The van der Waals surface area contributed by atoms with Crippen LogP contribution in [-0.4, -0.2) is 43.2 Å². The molecule has 0 saturated heterocycles. The maximum atomic E-state index is 11.5. The Morgan fingerprint density at radius 3 is 1.97 bits per heavy atom. The minimum Gasteiger partial charge on any atom is -0.493 e. The third kappa shape index (κ3) is 10.3. The van der Waals surface area contributed by atoms with Gasteiger partial charge in [-0.1, -0.05) is 32.0 Å². The average molecular weight is 579 g/mol. The van der Waals surface area contributed by atoms with Crippen LogP contribution in [0, 0.1) is 0 Å². The fourth-order valence-electron chi connectivity index (χ4n) is 2.84. The second-order valence-electron chi connectivity index (χ2n) is 6.84. The first-order valence-corrected chi connectivity index (χ1v) is 15.3. The molecule has 12 heteroatoms. The number of sulfone groups is 1. The fourth-order valence-corrected chi connectivity index (χ4v) is 3.47. The smallest absolute Gasteiger partial charge is 0.213 e. The first-order chi connectivity index (χ1) is 17.0. The largest absolute Gasteiger partial charge is 0.493 e. The van der Waals surface area contributed by atoms with Crippen LogP contribution in [0.3, 0.4) is 0 Å². The monoisotopic (exact) mass is 577 g/mol. The quantitative estimate of drug-likeness (QED) is 0.362. The molecule has 3 aromatic rings. The van der Waals surface area contributed by atoms with E-state index in [-0.39, 0.29) is 11.5 Å². The van der Waals surface area contributed by atoms with E-state index in [9.17, 15) is 13.5 Å². The van der Waals surface area contributed by atoms with Crippen molar-refractivity contribution < 1.29 is 31.9 Å². The van der Waals surface area contributed by atoms with Gasteiger partial charge in [0.1, 0.15) is 12.7 Å². The second-order valence-corrected chi connectivity index (χ2v) is 11.4. The van der Waals surface area contributed by atoms with Gasteiger partial charge in [0.15, 0.2) is 21.3 Å². The molecular weight excluding hydrogens is 549 g/mol. The third-order valence-corrected chi connectivity index (χ3v) is 5.66. The van der Waals surface area contributed by atoms with Crippen molar-refractivity contribution in [3.05, 3.63) is 77.5 Å². The van der Waals surface area contributed by atoms with E-state index in [1.54, 1.807) is 67.9 Å². The van der Waals surface area contributed by atoms with Crippen LogP contribution in [0.4, 0.5) is 0 Å². The number of aliphatic hydroxyl groups excluding tert-OH is 1. The molecule has 0 radical (unpaired) electrons. The number of pyridine rings is 1. The van der Waals surface area contributed by atoms with E-state index in [0.29, 0.717) is 28.5 Å². The lowest BCUT2D eigenvalue weighted by Gasteiger charge is -2.15. The Bertz CT molecular complexity index is 1200. The second kappa shape index (κ2) is 15.7. The van der Waals surface area contributed by atoms with Crippen LogP contribution >= 0.6 is 21.4 Å². The minimum absolute atomic E-state index is 0.245. The molecule has 0 aliphatic carbocycles. The molecule has 0 aliphatic heterocycles. The summed E-state index contributed by atoms with van der Waals surface area (Å²) >= 11 is 0. The maximum Gasteiger partial charge on any atom is 0.213 e. The molecule has 2 aromatic carbocycles. The van der Waals surface area contributed by atoms with Gasteiger partial charge in [-0.2, -0.15) is 0 Å². The summed E-state index contributed by atoms with van der Waals surface area (Å²) in [6, 6.07) is 15.1. The van der Waals surface area contributed by atoms with Gasteiger partial charge in [-0.3, -0.25) is 0 Å². The van der Waals surface area contributed by atoms with E-state index in [1.807, 2.05) is 13.8 Å². The first-order valence-electron chi connectivity index (χ1n) is 10.6. The normalized spacial score (nSPS) is 11.4. The molecule has 0 aliphatic rings. The predicted octanol–water partition coefficient (Wildman–Crippen LogP) is 5.23. The summed E-state index contributed by atoms with van der Waals surface area (Å²) < 4.78 is 48.2. The van der Waals surface area contributed by atoms with Crippen LogP contribution in [0.25, 0.3) is 0 Å². The molecule has 1 atom stereocenters. The Balaban J connectivity index is 0.000000982. The number of ether oxygens (including phenoxy) is 3. The molecule has 0 bridgehead atoms. The third-order valence-electron chi connectivity index (χ3n) is 4.54. The van der Waals surface area contributed by atoms with E-state index >= 15 is 0 Å². The van der Waals surface area contributed by atoms with Gasteiger partial charge in [0, 0.05) is 45.4 Å². The number of aromatic nitrogens is 1. The highest BCUT2D eigenvalue weighted by molar-refractivity contribution is 8.26. The summed E-state index contributed by atoms with van der Waals surface area (Å²) in [6.45, 7) is 4.24. The van der Waals surface area contributed by atoms with E-state index < -0.39 is 25.2 Å². The molecular formula is C24H29Cl2NO7S2. The van der Waals surface area contributed by atoms with Gasteiger partial charge >= 0.3 is 0 Å². The van der Waals surface area contributed by atoms with Crippen LogP contribution in [-0.2, 0) is 25.7 Å². The molecule has 1 N–H and O–H groups in total.